The summed E-state index contributed by atoms with van der Waals surface area (Å²) in [4.78, 5) is 25.3. The maximum absolute atomic E-state index is 13.7. The van der Waals surface area contributed by atoms with Crippen molar-refractivity contribution in [1.29, 1.82) is 0 Å². The molecule has 2 aromatic carbocycles. The van der Waals surface area contributed by atoms with Gasteiger partial charge in [0.05, 0.1) is 10.9 Å². The Morgan fingerprint density at radius 2 is 1.78 bits per heavy atom. The van der Waals surface area contributed by atoms with Crippen molar-refractivity contribution in [2.45, 2.75) is 44.3 Å². The number of para-hydroxylation sites is 1. The fourth-order valence-electron chi connectivity index (χ4n) is 2.39. The summed E-state index contributed by atoms with van der Waals surface area (Å²) >= 11 is 1.35. The first-order chi connectivity index (χ1) is 12.6. The number of hydrogen-bond acceptors (Lipinski definition) is 3. The lowest BCUT2D eigenvalue weighted by molar-refractivity contribution is -0.118. The first kappa shape index (κ1) is 21.0. The second-order valence-corrected chi connectivity index (χ2v) is 8.96. The summed E-state index contributed by atoms with van der Waals surface area (Å²) in [7, 11) is 0. The number of hydrogen-bond donors (Lipinski definition) is 2. The van der Waals surface area contributed by atoms with Gasteiger partial charge < -0.3 is 10.6 Å². The summed E-state index contributed by atoms with van der Waals surface area (Å²) in [5.74, 6) is -0.797. The minimum Gasteiger partial charge on any atom is -0.326 e. The van der Waals surface area contributed by atoms with Crippen molar-refractivity contribution in [3.63, 3.8) is 0 Å². The quantitative estimate of drug-likeness (QED) is 0.659. The molecule has 2 rings (SSSR count). The molecule has 2 aromatic rings. The second kappa shape index (κ2) is 9.04. The normalized spacial score (nSPS) is 12.3. The first-order valence-electron chi connectivity index (χ1n) is 8.76. The summed E-state index contributed by atoms with van der Waals surface area (Å²) in [5.41, 5.74) is 0.768. The van der Waals surface area contributed by atoms with E-state index in [-0.39, 0.29) is 22.9 Å². The number of rotatable bonds is 6. The van der Waals surface area contributed by atoms with Gasteiger partial charge in [-0.2, -0.15) is 0 Å². The fraction of sp³-hybridized carbons (Fsp3) is 0.333. The molecule has 0 fully saturated rings. The van der Waals surface area contributed by atoms with Gasteiger partial charge in [-0.25, -0.2) is 4.39 Å². The van der Waals surface area contributed by atoms with Crippen LogP contribution in [0.5, 0.6) is 0 Å². The Labute approximate surface area is 163 Å². The lowest BCUT2D eigenvalue weighted by atomic mass is 9.92. The third-order valence-corrected chi connectivity index (χ3v) is 4.72. The monoisotopic (exact) mass is 388 g/mol. The Morgan fingerprint density at radius 1 is 1.07 bits per heavy atom. The molecule has 0 saturated heterocycles. The first-order valence-corrected chi connectivity index (χ1v) is 9.64. The lowest BCUT2D eigenvalue weighted by Crippen LogP contribution is -2.23. The van der Waals surface area contributed by atoms with Gasteiger partial charge in [-0.1, -0.05) is 39.0 Å². The number of halogens is 1. The van der Waals surface area contributed by atoms with Gasteiger partial charge >= 0.3 is 0 Å². The summed E-state index contributed by atoms with van der Waals surface area (Å²) in [6.07, 6.45) is 0.422. The van der Waals surface area contributed by atoms with E-state index < -0.39 is 11.1 Å². The molecule has 2 amide bonds. The zero-order valence-corrected chi connectivity index (χ0v) is 16.8. The molecule has 0 radical (unpaired) electrons. The van der Waals surface area contributed by atoms with Gasteiger partial charge in [-0.15, -0.1) is 11.8 Å². The number of amides is 2. The molecule has 1 unspecified atom stereocenters. The lowest BCUT2D eigenvalue weighted by Gasteiger charge is -2.17. The molecule has 6 heteroatoms. The number of nitrogens with one attached hydrogen (secondary N) is 2. The Hall–Kier alpha value is -2.34. The highest BCUT2D eigenvalue weighted by Crippen LogP contribution is 2.27. The van der Waals surface area contributed by atoms with E-state index in [9.17, 15) is 14.0 Å². The zero-order valence-electron chi connectivity index (χ0n) is 16.0. The van der Waals surface area contributed by atoms with E-state index in [1.807, 2.05) is 45.0 Å². The van der Waals surface area contributed by atoms with Gasteiger partial charge in [0.2, 0.25) is 11.8 Å². The molecule has 0 aliphatic carbocycles. The third-order valence-electron chi connectivity index (χ3n) is 3.62. The minimum atomic E-state index is -0.466. The average molecular weight is 389 g/mol. The van der Waals surface area contributed by atoms with Gasteiger partial charge in [0, 0.05) is 17.0 Å². The minimum absolute atomic E-state index is 0.0463. The van der Waals surface area contributed by atoms with Crippen molar-refractivity contribution >= 4 is 35.0 Å². The summed E-state index contributed by atoms with van der Waals surface area (Å²) < 4.78 is 13.7. The van der Waals surface area contributed by atoms with E-state index in [0.717, 1.165) is 4.90 Å². The highest BCUT2D eigenvalue weighted by molar-refractivity contribution is 8.00. The van der Waals surface area contributed by atoms with E-state index in [1.54, 1.807) is 19.1 Å². The topological polar surface area (TPSA) is 58.2 Å². The molecule has 0 aliphatic heterocycles. The van der Waals surface area contributed by atoms with Crippen LogP contribution in [0.2, 0.25) is 0 Å². The van der Waals surface area contributed by atoms with E-state index in [4.69, 9.17) is 0 Å². The number of carbonyl (C=O) groups is 2. The molecule has 0 saturated carbocycles. The Balaban J connectivity index is 1.97. The Morgan fingerprint density at radius 3 is 2.44 bits per heavy atom. The van der Waals surface area contributed by atoms with Crippen LogP contribution in [0.15, 0.2) is 53.4 Å². The molecule has 27 heavy (non-hydrogen) atoms. The number of thioether (sulfide) groups is 1. The third kappa shape index (κ3) is 7.06. The maximum Gasteiger partial charge on any atom is 0.237 e. The van der Waals surface area contributed by atoms with Crippen molar-refractivity contribution in [3.05, 3.63) is 54.3 Å². The SMILES string of the molecule is CC(Sc1cccc(NC(=O)CC(C)(C)C)c1)C(=O)Nc1ccccc1F. The molecular formula is C21H25FN2O2S. The van der Waals surface area contributed by atoms with Crippen LogP contribution in [0.4, 0.5) is 15.8 Å². The molecule has 0 aromatic heterocycles. The molecular weight excluding hydrogens is 363 g/mol. The fourth-order valence-corrected chi connectivity index (χ4v) is 3.31. The van der Waals surface area contributed by atoms with Crippen molar-refractivity contribution in [2.75, 3.05) is 10.6 Å². The van der Waals surface area contributed by atoms with Crippen LogP contribution in [0.1, 0.15) is 34.1 Å². The molecule has 1 atom stereocenters. The summed E-state index contributed by atoms with van der Waals surface area (Å²) in [6, 6.07) is 13.4. The smallest absolute Gasteiger partial charge is 0.237 e. The highest BCUT2D eigenvalue weighted by Gasteiger charge is 2.18. The molecule has 0 heterocycles. The van der Waals surface area contributed by atoms with Crippen LogP contribution >= 0.6 is 11.8 Å². The number of carbonyl (C=O) groups excluding carboxylic acids is 2. The van der Waals surface area contributed by atoms with Gasteiger partial charge in [0.25, 0.3) is 0 Å². The van der Waals surface area contributed by atoms with E-state index in [0.29, 0.717) is 12.1 Å². The maximum atomic E-state index is 13.7. The van der Waals surface area contributed by atoms with Gasteiger partial charge in [-0.05, 0) is 42.7 Å². The molecule has 0 aliphatic rings. The molecule has 0 bridgehead atoms. The van der Waals surface area contributed by atoms with Crippen molar-refractivity contribution in [1.82, 2.24) is 0 Å². The van der Waals surface area contributed by atoms with Crippen LogP contribution in [-0.2, 0) is 9.59 Å². The number of benzene rings is 2. The molecule has 2 N–H and O–H groups in total. The van der Waals surface area contributed by atoms with Crippen LogP contribution < -0.4 is 10.6 Å². The van der Waals surface area contributed by atoms with Gasteiger partial charge in [0.1, 0.15) is 5.82 Å². The second-order valence-electron chi connectivity index (χ2n) is 7.54. The highest BCUT2D eigenvalue weighted by atomic mass is 32.2. The molecule has 4 nitrogen and oxygen atoms in total. The Bertz CT molecular complexity index is 818. The average Bonchev–Trinajstić information content (AvgIpc) is 2.55. The van der Waals surface area contributed by atoms with Crippen LogP contribution in [-0.4, -0.2) is 17.1 Å². The standard InChI is InChI=1S/C21H25FN2O2S/c1-14(20(26)24-18-11-6-5-10-17(18)22)27-16-9-7-8-15(12-16)23-19(25)13-21(2,3)4/h5-12,14H,13H2,1-4H3,(H,23,25)(H,24,26). The van der Waals surface area contributed by atoms with Crippen LogP contribution in [0.25, 0.3) is 0 Å². The summed E-state index contributed by atoms with van der Waals surface area (Å²) in [6.45, 7) is 7.78. The largest absolute Gasteiger partial charge is 0.326 e. The van der Waals surface area contributed by atoms with E-state index in [1.165, 1.54) is 23.9 Å². The predicted molar refractivity (Wildman–Crippen MR) is 109 cm³/mol. The van der Waals surface area contributed by atoms with Crippen LogP contribution in [0.3, 0.4) is 0 Å². The van der Waals surface area contributed by atoms with Crippen molar-refractivity contribution in [2.24, 2.45) is 5.41 Å². The van der Waals surface area contributed by atoms with Gasteiger partial charge in [-0.3, -0.25) is 9.59 Å². The van der Waals surface area contributed by atoms with E-state index in [2.05, 4.69) is 10.6 Å². The van der Waals surface area contributed by atoms with Crippen molar-refractivity contribution in [3.8, 4) is 0 Å². The predicted octanol–water partition coefficient (Wildman–Crippen LogP) is 5.32. The van der Waals surface area contributed by atoms with Crippen molar-refractivity contribution < 1.29 is 14.0 Å². The van der Waals surface area contributed by atoms with Gasteiger partial charge in [0.15, 0.2) is 0 Å². The Kier molecular flexibility index (Phi) is 7.02. The molecule has 144 valence electrons. The van der Waals surface area contributed by atoms with Crippen LogP contribution in [0, 0.1) is 11.2 Å². The molecule has 0 spiro atoms. The zero-order chi connectivity index (χ0) is 20.0. The number of anilines is 2. The summed E-state index contributed by atoms with van der Waals surface area (Å²) in [5, 5.41) is 5.06. The van der Waals surface area contributed by atoms with E-state index >= 15 is 0 Å².